The predicted molar refractivity (Wildman–Crippen MR) is 132 cm³/mol. The number of hydrogen-bond acceptors (Lipinski definition) is 5. The van der Waals surface area contributed by atoms with Gasteiger partial charge in [0.2, 0.25) is 0 Å². The molecule has 0 aliphatic carbocycles. The highest BCUT2D eigenvalue weighted by molar-refractivity contribution is 6.70. The van der Waals surface area contributed by atoms with E-state index in [0.717, 1.165) is 35.0 Å². The van der Waals surface area contributed by atoms with Gasteiger partial charge in [0.1, 0.15) is 6.61 Å². The number of aromatic nitrogens is 2. The number of esters is 1. The second kappa shape index (κ2) is 8.08. The number of carbonyl (C=O) groups excluding carboxylic acids is 1. The van der Waals surface area contributed by atoms with Gasteiger partial charge in [-0.05, 0) is 37.0 Å². The number of carbonyl (C=O) groups is 1. The lowest BCUT2D eigenvalue weighted by Crippen LogP contribution is -2.44. The average Bonchev–Trinajstić information content (AvgIpc) is 3.18. The molecule has 1 N–H and O–H groups in total. The number of alkyl halides is 1. The quantitative estimate of drug-likeness (QED) is 0.269. The molecule has 0 spiro atoms. The van der Waals surface area contributed by atoms with E-state index in [4.69, 9.17) is 21.3 Å². The first-order valence-corrected chi connectivity index (χ1v) is 14.9. The fourth-order valence-electron chi connectivity index (χ4n) is 5.07. The molecule has 0 bridgehead atoms. The number of ether oxygens (including phenoxy) is 1. The maximum atomic E-state index is 13.5. The van der Waals surface area contributed by atoms with Crippen molar-refractivity contribution in [2.75, 3.05) is 5.88 Å². The van der Waals surface area contributed by atoms with Crippen LogP contribution in [0.25, 0.3) is 22.3 Å². The fourth-order valence-corrected chi connectivity index (χ4v) is 6.18. The van der Waals surface area contributed by atoms with E-state index in [9.17, 15) is 14.7 Å². The summed E-state index contributed by atoms with van der Waals surface area (Å²) in [6.07, 6.45) is 1.76. The Morgan fingerprint density at radius 2 is 2.03 bits per heavy atom. The SMILES string of the molecule is CC[C@@]1(O)C(=O)OCc2c1cc1n(c2=O)Cc2c-1nc1ccc([SiH](C)C)cc1c2CCCCl. The Bertz CT molecular complexity index is 1370. The highest BCUT2D eigenvalue weighted by Crippen LogP contribution is 2.40. The fraction of sp³-hybridized carbons (Fsp3) is 0.400. The van der Waals surface area contributed by atoms with E-state index >= 15 is 0 Å². The second-order valence-corrected chi connectivity index (χ2v) is 12.6. The largest absolute Gasteiger partial charge is 0.458 e. The standard InChI is InChI=1S/C25H27ClN2O4Si/c1-4-25(31)19-11-21-22-17(12-28(21)23(29)18(19)13-32-24(25)30)15(6-5-9-26)16-10-14(33(2)3)7-8-20(16)27-22/h7-8,10-11,31,33H,4-6,9,12-13H2,1-3H3/t25-/m0/s1. The number of aryl methyl sites for hydroxylation is 1. The van der Waals surface area contributed by atoms with Crippen LogP contribution in [0.4, 0.5) is 0 Å². The monoisotopic (exact) mass is 482 g/mol. The molecule has 6 nitrogen and oxygen atoms in total. The van der Waals surface area contributed by atoms with E-state index in [1.54, 1.807) is 17.6 Å². The molecule has 5 rings (SSSR count). The van der Waals surface area contributed by atoms with Gasteiger partial charge in [-0.3, -0.25) is 4.79 Å². The smallest absolute Gasteiger partial charge is 0.343 e. The van der Waals surface area contributed by atoms with Crippen LogP contribution in [-0.2, 0) is 34.7 Å². The van der Waals surface area contributed by atoms with Gasteiger partial charge in [0, 0.05) is 22.4 Å². The van der Waals surface area contributed by atoms with E-state index in [1.807, 2.05) is 0 Å². The molecule has 0 saturated carbocycles. The molecule has 2 aliphatic heterocycles. The van der Waals surface area contributed by atoms with Crippen LogP contribution < -0.4 is 10.7 Å². The van der Waals surface area contributed by atoms with Crippen LogP contribution in [-0.4, -0.2) is 35.3 Å². The van der Waals surface area contributed by atoms with Crippen molar-refractivity contribution in [1.29, 1.82) is 0 Å². The number of halogens is 1. The first-order valence-electron chi connectivity index (χ1n) is 11.5. The Hall–Kier alpha value is -2.48. The number of hydrogen-bond donors (Lipinski definition) is 1. The number of nitrogens with zero attached hydrogens (tertiary/aromatic N) is 2. The topological polar surface area (TPSA) is 81.4 Å². The van der Waals surface area contributed by atoms with Gasteiger partial charge >= 0.3 is 5.97 Å². The van der Waals surface area contributed by atoms with Crippen LogP contribution in [0.5, 0.6) is 0 Å². The summed E-state index contributed by atoms with van der Waals surface area (Å²) in [5.41, 5.74) is 3.13. The van der Waals surface area contributed by atoms with Crippen LogP contribution in [0.1, 0.15) is 42.0 Å². The summed E-state index contributed by atoms with van der Waals surface area (Å²) in [4.78, 5) is 30.8. The molecule has 1 atom stereocenters. The Balaban J connectivity index is 1.78. The van der Waals surface area contributed by atoms with Crippen molar-refractivity contribution < 1.29 is 14.6 Å². The molecule has 2 aliphatic rings. The predicted octanol–water partition coefficient (Wildman–Crippen LogP) is 2.94. The van der Waals surface area contributed by atoms with Crippen LogP contribution in [0, 0.1) is 0 Å². The number of benzene rings is 1. The Labute approximate surface area is 198 Å². The lowest BCUT2D eigenvalue weighted by atomic mass is 9.86. The number of pyridine rings is 2. The molecular formula is C25H27ClN2O4Si. The van der Waals surface area contributed by atoms with Gasteiger partial charge in [0.25, 0.3) is 5.56 Å². The zero-order chi connectivity index (χ0) is 23.5. The summed E-state index contributed by atoms with van der Waals surface area (Å²) >= 11 is 6.06. The van der Waals surface area contributed by atoms with Crippen molar-refractivity contribution >= 4 is 42.5 Å². The number of rotatable bonds is 5. The second-order valence-electron chi connectivity index (χ2n) is 9.24. The highest BCUT2D eigenvalue weighted by atomic mass is 35.5. The van der Waals surface area contributed by atoms with Crippen LogP contribution in [0.3, 0.4) is 0 Å². The van der Waals surface area contributed by atoms with Gasteiger partial charge < -0.3 is 14.4 Å². The number of fused-ring (bicyclic) bond motifs is 5. The molecule has 0 amide bonds. The molecular weight excluding hydrogens is 456 g/mol. The van der Waals surface area contributed by atoms with E-state index in [2.05, 4.69) is 31.3 Å². The van der Waals surface area contributed by atoms with Gasteiger partial charge in [-0.2, -0.15) is 0 Å². The van der Waals surface area contributed by atoms with Gasteiger partial charge in [-0.15, -0.1) is 11.6 Å². The maximum Gasteiger partial charge on any atom is 0.343 e. The minimum absolute atomic E-state index is 0.122. The molecule has 4 heterocycles. The molecule has 2 aromatic heterocycles. The molecule has 1 aromatic carbocycles. The Kier molecular flexibility index (Phi) is 5.46. The normalized spacial score (nSPS) is 18.9. The molecule has 0 unspecified atom stereocenters. The van der Waals surface area contributed by atoms with E-state index < -0.39 is 20.4 Å². The molecule has 172 valence electrons. The lowest BCUT2D eigenvalue weighted by Gasteiger charge is -2.31. The first kappa shape index (κ1) is 22.3. The summed E-state index contributed by atoms with van der Waals surface area (Å²) in [6, 6.07) is 8.26. The van der Waals surface area contributed by atoms with Gasteiger partial charge in [0.15, 0.2) is 5.60 Å². The van der Waals surface area contributed by atoms with Crippen LogP contribution in [0.15, 0.2) is 29.1 Å². The molecule has 0 fully saturated rings. The first-order chi connectivity index (χ1) is 15.8. The summed E-state index contributed by atoms with van der Waals surface area (Å²) in [7, 11) is -0.996. The van der Waals surface area contributed by atoms with E-state index in [1.165, 1.54) is 10.8 Å². The third-order valence-corrected chi connectivity index (χ3v) is 9.02. The van der Waals surface area contributed by atoms with Crippen molar-refractivity contribution in [2.24, 2.45) is 0 Å². The Morgan fingerprint density at radius 1 is 1.24 bits per heavy atom. The van der Waals surface area contributed by atoms with Crippen LogP contribution in [0.2, 0.25) is 13.1 Å². The molecule has 0 radical (unpaired) electrons. The molecule has 8 heteroatoms. The van der Waals surface area contributed by atoms with Crippen LogP contribution >= 0.6 is 11.6 Å². The van der Waals surface area contributed by atoms with E-state index in [0.29, 0.717) is 29.2 Å². The molecule has 3 aromatic rings. The maximum absolute atomic E-state index is 13.5. The summed E-state index contributed by atoms with van der Waals surface area (Å²) in [5.74, 6) is -0.152. The van der Waals surface area contributed by atoms with Gasteiger partial charge in [-0.1, -0.05) is 37.3 Å². The summed E-state index contributed by atoms with van der Waals surface area (Å²) < 4.78 is 6.88. The molecule has 0 saturated heterocycles. The number of cyclic esters (lactones) is 1. The van der Waals surface area contributed by atoms with Crippen molar-refractivity contribution in [3.05, 3.63) is 56.9 Å². The minimum Gasteiger partial charge on any atom is -0.458 e. The van der Waals surface area contributed by atoms with Crippen molar-refractivity contribution in [2.45, 2.75) is 58.0 Å². The van der Waals surface area contributed by atoms with Crippen molar-refractivity contribution in [3.63, 3.8) is 0 Å². The summed E-state index contributed by atoms with van der Waals surface area (Å²) in [6.45, 7) is 6.61. The highest BCUT2D eigenvalue weighted by Gasteiger charge is 2.45. The van der Waals surface area contributed by atoms with Crippen molar-refractivity contribution in [1.82, 2.24) is 9.55 Å². The number of aliphatic hydroxyl groups is 1. The summed E-state index contributed by atoms with van der Waals surface area (Å²) in [5, 5.41) is 13.6. The zero-order valence-electron chi connectivity index (χ0n) is 19.1. The average molecular weight is 483 g/mol. The van der Waals surface area contributed by atoms with Crippen molar-refractivity contribution in [3.8, 4) is 11.4 Å². The van der Waals surface area contributed by atoms with E-state index in [-0.39, 0.29) is 18.6 Å². The zero-order valence-corrected chi connectivity index (χ0v) is 21.0. The lowest BCUT2D eigenvalue weighted by molar-refractivity contribution is -0.172. The van der Waals surface area contributed by atoms with Gasteiger partial charge in [-0.25, -0.2) is 9.78 Å². The van der Waals surface area contributed by atoms with Gasteiger partial charge in [0.05, 0.1) is 37.8 Å². The minimum atomic E-state index is -1.82. The Morgan fingerprint density at radius 3 is 2.73 bits per heavy atom. The third-order valence-electron chi connectivity index (χ3n) is 7.06. The third kappa shape index (κ3) is 3.28. The molecule has 33 heavy (non-hydrogen) atoms.